The van der Waals surface area contributed by atoms with Crippen LogP contribution in [0, 0.1) is 0 Å². The molecule has 166 valence electrons. The van der Waals surface area contributed by atoms with Gasteiger partial charge in [0.15, 0.2) is 5.16 Å². The molecule has 2 heterocycles. The fourth-order valence-corrected chi connectivity index (χ4v) is 4.50. The van der Waals surface area contributed by atoms with E-state index in [1.165, 1.54) is 17.3 Å². The number of carbonyl (C=O) groups excluding carboxylic acids is 1. The Bertz CT molecular complexity index is 1060. The Balaban J connectivity index is 1.42. The molecule has 0 bridgehead atoms. The highest BCUT2D eigenvalue weighted by Crippen LogP contribution is 2.25. The molecule has 1 fully saturated rings. The summed E-state index contributed by atoms with van der Waals surface area (Å²) in [5.41, 5.74) is 2.93. The summed E-state index contributed by atoms with van der Waals surface area (Å²) in [5.74, 6) is 1.46. The third kappa shape index (κ3) is 6.00. The minimum Gasteiger partial charge on any atom is -0.378 e. The van der Waals surface area contributed by atoms with Crippen molar-refractivity contribution in [3.05, 3.63) is 82.5 Å². The van der Waals surface area contributed by atoms with Gasteiger partial charge in [0, 0.05) is 44.1 Å². The zero-order valence-electron chi connectivity index (χ0n) is 17.9. The average molecular weight is 469 g/mol. The van der Waals surface area contributed by atoms with E-state index in [4.69, 9.17) is 16.3 Å². The Morgan fingerprint density at radius 2 is 1.81 bits per heavy atom. The van der Waals surface area contributed by atoms with Crippen LogP contribution in [0.2, 0.25) is 5.15 Å². The molecule has 1 aliphatic rings. The standard InChI is InChI=1S/C24H25ClN4O2S/c1-28(16-18-6-3-2-4-7-18)22-15-21(25)26-24(27-22)32-17-19-8-5-9-20(14-19)23(30)29-10-12-31-13-11-29/h2-9,14-15H,10-13,16-17H2,1H3. The number of thioether (sulfide) groups is 1. The van der Waals surface area contributed by atoms with E-state index in [2.05, 4.69) is 27.0 Å². The van der Waals surface area contributed by atoms with Crippen molar-refractivity contribution in [1.82, 2.24) is 14.9 Å². The van der Waals surface area contributed by atoms with Gasteiger partial charge in [-0.05, 0) is 23.3 Å². The van der Waals surface area contributed by atoms with E-state index >= 15 is 0 Å². The monoisotopic (exact) mass is 468 g/mol. The van der Waals surface area contributed by atoms with Crippen LogP contribution in [0.5, 0.6) is 0 Å². The Kier molecular flexibility index (Phi) is 7.63. The zero-order chi connectivity index (χ0) is 22.3. The van der Waals surface area contributed by atoms with Crippen molar-refractivity contribution in [3.8, 4) is 0 Å². The third-order valence-corrected chi connectivity index (χ3v) is 6.27. The molecule has 1 amide bonds. The molecule has 8 heteroatoms. The summed E-state index contributed by atoms with van der Waals surface area (Å²) in [7, 11) is 1.99. The van der Waals surface area contributed by atoms with Gasteiger partial charge in [-0.2, -0.15) is 0 Å². The number of carbonyl (C=O) groups is 1. The summed E-state index contributed by atoms with van der Waals surface area (Å²) in [5, 5.41) is 1.02. The van der Waals surface area contributed by atoms with Gasteiger partial charge in [0.25, 0.3) is 5.91 Å². The van der Waals surface area contributed by atoms with E-state index in [9.17, 15) is 4.79 Å². The van der Waals surface area contributed by atoms with Crippen LogP contribution in [0.4, 0.5) is 5.82 Å². The van der Waals surface area contributed by atoms with Crippen molar-refractivity contribution < 1.29 is 9.53 Å². The van der Waals surface area contributed by atoms with E-state index in [1.54, 1.807) is 6.07 Å². The van der Waals surface area contributed by atoms with E-state index in [-0.39, 0.29) is 5.91 Å². The molecule has 1 aromatic heterocycles. The topological polar surface area (TPSA) is 58.6 Å². The number of morpholine rings is 1. The van der Waals surface area contributed by atoms with Gasteiger partial charge in [-0.3, -0.25) is 4.79 Å². The van der Waals surface area contributed by atoms with Crippen LogP contribution in [0.15, 0.2) is 65.8 Å². The highest BCUT2D eigenvalue weighted by atomic mass is 35.5. The molecule has 32 heavy (non-hydrogen) atoms. The molecular formula is C24H25ClN4O2S. The van der Waals surface area contributed by atoms with Crippen LogP contribution in [-0.2, 0) is 17.0 Å². The van der Waals surface area contributed by atoms with Crippen molar-refractivity contribution in [1.29, 1.82) is 0 Å². The Morgan fingerprint density at radius 3 is 2.59 bits per heavy atom. The number of aromatic nitrogens is 2. The summed E-state index contributed by atoms with van der Waals surface area (Å²) in [4.78, 5) is 25.7. The average Bonchev–Trinajstić information content (AvgIpc) is 2.83. The fraction of sp³-hybridized carbons (Fsp3) is 0.292. The zero-order valence-corrected chi connectivity index (χ0v) is 19.5. The molecule has 0 unspecified atom stereocenters. The first kappa shape index (κ1) is 22.6. The number of ether oxygens (including phenoxy) is 1. The maximum absolute atomic E-state index is 12.8. The SMILES string of the molecule is CN(Cc1ccccc1)c1cc(Cl)nc(SCc2cccc(C(=O)N3CCOCC3)c2)n1. The molecule has 2 aromatic carbocycles. The molecule has 0 radical (unpaired) electrons. The lowest BCUT2D eigenvalue weighted by Crippen LogP contribution is -2.40. The van der Waals surface area contributed by atoms with Crippen molar-refractivity contribution >= 4 is 35.1 Å². The van der Waals surface area contributed by atoms with E-state index in [1.807, 2.05) is 54.4 Å². The maximum atomic E-state index is 12.8. The number of rotatable bonds is 7. The van der Waals surface area contributed by atoms with Crippen molar-refractivity contribution in [2.45, 2.75) is 17.5 Å². The second-order valence-electron chi connectivity index (χ2n) is 7.57. The molecule has 3 aromatic rings. The van der Waals surface area contributed by atoms with Crippen LogP contribution in [0.25, 0.3) is 0 Å². The van der Waals surface area contributed by atoms with Crippen LogP contribution in [0.3, 0.4) is 0 Å². The van der Waals surface area contributed by atoms with Crippen molar-refractivity contribution in [2.75, 3.05) is 38.3 Å². The molecule has 6 nitrogen and oxygen atoms in total. The molecular weight excluding hydrogens is 444 g/mol. The number of nitrogens with zero attached hydrogens (tertiary/aromatic N) is 4. The molecule has 0 N–H and O–H groups in total. The van der Waals surface area contributed by atoms with Gasteiger partial charge in [0.2, 0.25) is 0 Å². The predicted molar refractivity (Wildman–Crippen MR) is 128 cm³/mol. The largest absolute Gasteiger partial charge is 0.378 e. The van der Waals surface area contributed by atoms with Crippen molar-refractivity contribution in [2.24, 2.45) is 0 Å². The van der Waals surface area contributed by atoms with E-state index in [0.29, 0.717) is 47.9 Å². The second-order valence-corrected chi connectivity index (χ2v) is 8.90. The number of hydrogen-bond acceptors (Lipinski definition) is 6. The number of hydrogen-bond donors (Lipinski definition) is 0. The molecule has 0 spiro atoms. The van der Waals surface area contributed by atoms with Gasteiger partial charge in [-0.1, -0.05) is 65.8 Å². The summed E-state index contributed by atoms with van der Waals surface area (Å²) in [6.07, 6.45) is 0. The van der Waals surface area contributed by atoms with Crippen LogP contribution >= 0.6 is 23.4 Å². The van der Waals surface area contributed by atoms with Gasteiger partial charge < -0.3 is 14.5 Å². The van der Waals surface area contributed by atoms with Gasteiger partial charge in [0.05, 0.1) is 13.2 Å². The normalized spacial score (nSPS) is 13.8. The molecule has 0 aliphatic carbocycles. The Hall–Kier alpha value is -2.61. The predicted octanol–water partition coefficient (Wildman–Crippen LogP) is 4.53. The van der Waals surface area contributed by atoms with Crippen LogP contribution in [-0.4, -0.2) is 54.1 Å². The van der Waals surface area contributed by atoms with Crippen LogP contribution < -0.4 is 4.90 Å². The number of amides is 1. The van der Waals surface area contributed by atoms with Gasteiger partial charge in [-0.15, -0.1) is 0 Å². The van der Waals surface area contributed by atoms with E-state index in [0.717, 1.165) is 17.9 Å². The minimum absolute atomic E-state index is 0.0454. The first-order valence-electron chi connectivity index (χ1n) is 10.5. The van der Waals surface area contributed by atoms with Gasteiger partial charge in [0.1, 0.15) is 11.0 Å². The second kappa shape index (κ2) is 10.8. The van der Waals surface area contributed by atoms with Gasteiger partial charge >= 0.3 is 0 Å². The van der Waals surface area contributed by atoms with Crippen LogP contribution in [0.1, 0.15) is 21.5 Å². The molecule has 0 saturated carbocycles. The molecule has 4 rings (SSSR count). The summed E-state index contributed by atoms with van der Waals surface area (Å²) in [6.45, 7) is 3.17. The first-order valence-corrected chi connectivity index (χ1v) is 11.8. The highest BCUT2D eigenvalue weighted by Gasteiger charge is 2.18. The fourth-order valence-electron chi connectivity index (χ4n) is 3.47. The lowest BCUT2D eigenvalue weighted by atomic mass is 10.1. The lowest BCUT2D eigenvalue weighted by molar-refractivity contribution is 0.0303. The Morgan fingerprint density at radius 1 is 1.06 bits per heavy atom. The quantitative estimate of drug-likeness (QED) is 0.288. The number of halogens is 1. The summed E-state index contributed by atoms with van der Waals surface area (Å²) >= 11 is 7.78. The van der Waals surface area contributed by atoms with Crippen molar-refractivity contribution in [3.63, 3.8) is 0 Å². The Labute approximate surface area is 197 Å². The number of anilines is 1. The minimum atomic E-state index is 0.0454. The summed E-state index contributed by atoms with van der Waals surface area (Å²) < 4.78 is 5.34. The smallest absolute Gasteiger partial charge is 0.254 e. The molecule has 1 saturated heterocycles. The lowest BCUT2D eigenvalue weighted by Gasteiger charge is -2.27. The van der Waals surface area contributed by atoms with Gasteiger partial charge in [-0.25, -0.2) is 9.97 Å². The number of benzene rings is 2. The summed E-state index contributed by atoms with van der Waals surface area (Å²) in [6, 6.07) is 19.7. The first-order chi connectivity index (χ1) is 15.6. The molecule has 0 atom stereocenters. The highest BCUT2D eigenvalue weighted by molar-refractivity contribution is 7.98. The maximum Gasteiger partial charge on any atom is 0.254 e. The van der Waals surface area contributed by atoms with E-state index < -0.39 is 0 Å². The molecule has 1 aliphatic heterocycles. The third-order valence-electron chi connectivity index (χ3n) is 5.15.